The lowest BCUT2D eigenvalue weighted by molar-refractivity contribution is -0.149. The van der Waals surface area contributed by atoms with Crippen LogP contribution in [0.2, 0.25) is 0 Å². The summed E-state index contributed by atoms with van der Waals surface area (Å²) < 4.78 is 8.03. The van der Waals surface area contributed by atoms with Gasteiger partial charge in [-0.2, -0.15) is 0 Å². The van der Waals surface area contributed by atoms with Gasteiger partial charge in [0, 0.05) is 45.9 Å². The van der Waals surface area contributed by atoms with E-state index >= 15 is 0 Å². The van der Waals surface area contributed by atoms with Crippen molar-refractivity contribution < 1.29 is 19.2 Å². The van der Waals surface area contributed by atoms with Gasteiger partial charge < -0.3 is 14.1 Å². The van der Waals surface area contributed by atoms with Crippen LogP contribution in [0.4, 0.5) is 0 Å². The minimum atomic E-state index is -0.245. The number of carbonyl (C=O) groups is 2. The molecule has 0 amide bonds. The predicted octanol–water partition coefficient (Wildman–Crippen LogP) is 8.07. The molecule has 40 heavy (non-hydrogen) atoms. The lowest BCUT2D eigenvalue weighted by Gasteiger charge is -2.18. The number of fused-ring (bicyclic) bond motifs is 3. The molecule has 4 aromatic rings. The van der Waals surface area contributed by atoms with Gasteiger partial charge >= 0.3 is 5.97 Å². The number of aryl methyl sites for hydroxylation is 1. The Kier molecular flexibility index (Phi) is 8.63. The molecular formula is C34H38N2O4. The third-order valence-corrected chi connectivity index (χ3v) is 7.89. The van der Waals surface area contributed by atoms with Crippen molar-refractivity contribution >= 4 is 39.3 Å². The van der Waals surface area contributed by atoms with Crippen molar-refractivity contribution in [2.45, 2.75) is 72.3 Å². The van der Waals surface area contributed by atoms with Crippen molar-refractivity contribution in [3.05, 3.63) is 77.4 Å². The lowest BCUT2D eigenvalue weighted by atomic mass is 9.99. The van der Waals surface area contributed by atoms with Crippen LogP contribution < -0.4 is 4.74 Å². The molecule has 0 saturated carbocycles. The van der Waals surface area contributed by atoms with Gasteiger partial charge in [0.1, 0.15) is 5.75 Å². The van der Waals surface area contributed by atoms with Crippen LogP contribution in [0.25, 0.3) is 21.8 Å². The smallest absolute Gasteiger partial charge is 0.338 e. The highest BCUT2D eigenvalue weighted by atomic mass is 16.7. The number of unbranched alkanes of at least 4 members (excludes halogenated alkanes) is 2. The summed E-state index contributed by atoms with van der Waals surface area (Å²) in [6, 6.07) is 19.5. The van der Waals surface area contributed by atoms with Gasteiger partial charge in [0.15, 0.2) is 5.78 Å². The maximum Gasteiger partial charge on any atom is 0.338 e. The Labute approximate surface area is 236 Å². The number of hydrogen-bond acceptors (Lipinski definition) is 5. The average Bonchev–Trinajstić information content (AvgIpc) is 3.31. The Bertz CT molecular complexity index is 1550. The zero-order valence-corrected chi connectivity index (χ0v) is 23.7. The Hall–Kier alpha value is -3.93. The van der Waals surface area contributed by atoms with E-state index in [1.165, 1.54) is 0 Å². The molecule has 1 aromatic heterocycles. The highest BCUT2D eigenvalue weighted by molar-refractivity contribution is 6.20. The summed E-state index contributed by atoms with van der Waals surface area (Å²) in [5.74, 6) is 0.404. The van der Waals surface area contributed by atoms with Crippen molar-refractivity contribution in [2.24, 2.45) is 11.1 Å². The molecule has 1 aliphatic heterocycles. The topological polar surface area (TPSA) is 69.9 Å². The summed E-state index contributed by atoms with van der Waals surface area (Å²) in [5.41, 5.74) is 5.20. The maximum atomic E-state index is 13.4. The number of nitrogens with zero attached hydrogens (tertiary/aromatic N) is 2. The van der Waals surface area contributed by atoms with E-state index < -0.39 is 0 Å². The summed E-state index contributed by atoms with van der Waals surface area (Å²) in [6.45, 7) is 7.69. The van der Waals surface area contributed by atoms with Crippen LogP contribution in [0.5, 0.6) is 5.75 Å². The molecule has 3 aromatic carbocycles. The third kappa shape index (κ3) is 5.53. The van der Waals surface area contributed by atoms with Crippen molar-refractivity contribution in [3.8, 4) is 5.75 Å². The van der Waals surface area contributed by atoms with E-state index in [-0.39, 0.29) is 17.7 Å². The first-order valence-electron chi connectivity index (χ1n) is 14.7. The van der Waals surface area contributed by atoms with Crippen LogP contribution in [-0.4, -0.2) is 28.6 Å². The van der Waals surface area contributed by atoms with Crippen LogP contribution in [-0.2, 0) is 16.2 Å². The van der Waals surface area contributed by atoms with Crippen LogP contribution in [0.1, 0.15) is 87.2 Å². The highest BCUT2D eigenvalue weighted by Crippen LogP contribution is 2.36. The summed E-state index contributed by atoms with van der Waals surface area (Å²) in [5, 5.41) is 6.46. The first-order valence-corrected chi connectivity index (χ1v) is 14.7. The molecule has 0 aliphatic carbocycles. The third-order valence-electron chi connectivity index (χ3n) is 7.89. The van der Waals surface area contributed by atoms with E-state index in [1.54, 1.807) is 0 Å². The molecule has 0 saturated heterocycles. The fourth-order valence-corrected chi connectivity index (χ4v) is 5.53. The number of benzene rings is 3. The number of carbonyl (C=O) groups excluding carboxylic acids is 2. The van der Waals surface area contributed by atoms with Gasteiger partial charge in [0.2, 0.25) is 0 Å². The number of ether oxygens (including phenoxy) is 1. The Morgan fingerprint density at radius 2 is 1.70 bits per heavy atom. The molecular weight excluding hydrogens is 500 g/mol. The molecule has 1 atom stereocenters. The van der Waals surface area contributed by atoms with Crippen LogP contribution in [0.15, 0.2) is 65.8 Å². The Morgan fingerprint density at radius 3 is 2.45 bits per heavy atom. The molecule has 0 N–H and O–H groups in total. The van der Waals surface area contributed by atoms with Crippen LogP contribution in [0.3, 0.4) is 0 Å². The molecule has 0 bridgehead atoms. The SMILES string of the molecule is CCCCOc1ccc(C(=O)c2ccc3c(c2)c2cccc4c2n3CC/C4=N\OC(=O)C(CC)CCCC)cc1. The maximum absolute atomic E-state index is 13.4. The minimum Gasteiger partial charge on any atom is -0.494 e. The van der Waals surface area contributed by atoms with Gasteiger partial charge in [-0.25, -0.2) is 4.79 Å². The van der Waals surface area contributed by atoms with Crippen molar-refractivity contribution in [1.82, 2.24) is 4.57 Å². The molecule has 208 valence electrons. The lowest BCUT2D eigenvalue weighted by Crippen LogP contribution is -2.19. The largest absolute Gasteiger partial charge is 0.494 e. The zero-order chi connectivity index (χ0) is 28.1. The second kappa shape index (κ2) is 12.5. The number of hydrogen-bond donors (Lipinski definition) is 0. The number of rotatable bonds is 12. The van der Waals surface area contributed by atoms with Crippen LogP contribution >= 0.6 is 0 Å². The number of aromatic nitrogens is 1. The summed E-state index contributed by atoms with van der Waals surface area (Å²) in [7, 11) is 0. The monoisotopic (exact) mass is 538 g/mol. The number of ketones is 1. The Balaban J connectivity index is 1.42. The van der Waals surface area contributed by atoms with E-state index in [1.807, 2.05) is 61.5 Å². The van der Waals surface area contributed by atoms with Gasteiger partial charge in [0.05, 0.1) is 23.8 Å². The highest BCUT2D eigenvalue weighted by Gasteiger charge is 2.24. The number of oxime groups is 1. The van der Waals surface area contributed by atoms with Gasteiger partial charge in [-0.15, -0.1) is 0 Å². The van der Waals surface area contributed by atoms with E-state index in [2.05, 4.69) is 29.6 Å². The molecule has 6 heteroatoms. The van der Waals surface area contributed by atoms with Gasteiger partial charge in [0.25, 0.3) is 0 Å². The second-order valence-corrected chi connectivity index (χ2v) is 10.6. The van der Waals surface area contributed by atoms with E-state index in [0.29, 0.717) is 24.2 Å². The number of para-hydroxylation sites is 1. The summed E-state index contributed by atoms with van der Waals surface area (Å²) in [4.78, 5) is 31.5. The van der Waals surface area contributed by atoms with Gasteiger partial charge in [-0.05, 0) is 61.7 Å². The van der Waals surface area contributed by atoms with Crippen LogP contribution in [0, 0.1) is 5.92 Å². The van der Waals surface area contributed by atoms with Crippen molar-refractivity contribution in [3.63, 3.8) is 0 Å². The zero-order valence-electron chi connectivity index (χ0n) is 23.7. The standard InChI is InChI=1S/C34H38N2O4/c1-4-7-10-23(6-3)34(38)40-35-30-19-20-36-31-18-15-25(22-29(31)27-11-9-12-28(30)32(27)36)33(37)24-13-16-26(17-14-24)39-21-8-5-2/h9,11-18,22-23H,4-8,10,19-21H2,1-3H3/b35-30+. The van der Waals surface area contributed by atoms with Gasteiger partial charge in [-0.3, -0.25) is 4.79 Å². The van der Waals surface area contributed by atoms with Crippen molar-refractivity contribution in [2.75, 3.05) is 6.61 Å². The molecule has 0 spiro atoms. The van der Waals surface area contributed by atoms with Crippen molar-refractivity contribution in [1.29, 1.82) is 0 Å². The summed E-state index contributed by atoms with van der Waals surface area (Å²) in [6.07, 6.45) is 6.40. The summed E-state index contributed by atoms with van der Waals surface area (Å²) >= 11 is 0. The molecule has 1 unspecified atom stereocenters. The predicted molar refractivity (Wildman–Crippen MR) is 160 cm³/mol. The fourth-order valence-electron chi connectivity index (χ4n) is 5.53. The molecule has 0 fully saturated rings. The van der Waals surface area contributed by atoms with Gasteiger partial charge in [-0.1, -0.05) is 63.4 Å². The second-order valence-electron chi connectivity index (χ2n) is 10.6. The normalized spacial score (nSPS) is 14.5. The molecule has 6 nitrogen and oxygen atoms in total. The van der Waals surface area contributed by atoms with E-state index in [4.69, 9.17) is 9.57 Å². The quantitative estimate of drug-likeness (QED) is 0.0791. The average molecular weight is 539 g/mol. The van der Waals surface area contributed by atoms with E-state index in [0.717, 1.165) is 83.9 Å². The Morgan fingerprint density at radius 1 is 0.925 bits per heavy atom. The molecule has 0 radical (unpaired) electrons. The molecule has 2 heterocycles. The first kappa shape index (κ1) is 27.6. The molecule has 1 aliphatic rings. The fraction of sp³-hybridized carbons (Fsp3) is 0.382. The first-order chi connectivity index (χ1) is 19.5. The van der Waals surface area contributed by atoms with E-state index in [9.17, 15) is 9.59 Å². The minimum absolute atomic E-state index is 0.0170. The molecule has 5 rings (SSSR count).